The molecule has 1 aliphatic rings. The van der Waals surface area contributed by atoms with Gasteiger partial charge in [-0.3, -0.25) is 4.79 Å². The van der Waals surface area contributed by atoms with Crippen molar-refractivity contribution in [1.29, 1.82) is 0 Å². The van der Waals surface area contributed by atoms with Crippen LogP contribution in [-0.4, -0.2) is 20.0 Å². The van der Waals surface area contributed by atoms with E-state index in [0.29, 0.717) is 0 Å². The monoisotopic (exact) mass is 204 g/mol. The molecule has 1 amide bonds. The Morgan fingerprint density at radius 1 is 1.47 bits per heavy atom. The van der Waals surface area contributed by atoms with E-state index in [0.717, 1.165) is 25.8 Å². The van der Waals surface area contributed by atoms with Gasteiger partial charge in [0.25, 0.3) is 0 Å². The first-order valence-corrected chi connectivity index (χ1v) is 5.32. The van der Waals surface area contributed by atoms with Crippen molar-refractivity contribution in [2.24, 2.45) is 0 Å². The number of rotatable bonds is 2. The van der Waals surface area contributed by atoms with Crippen molar-refractivity contribution in [1.82, 2.24) is 5.32 Å². The molecule has 1 heterocycles. The second-order valence-corrected chi connectivity index (χ2v) is 3.96. The smallest absolute Gasteiger partial charge is 0.207 e. The molecule has 3 nitrogen and oxygen atoms in total. The van der Waals surface area contributed by atoms with Gasteiger partial charge in [0.15, 0.2) is 0 Å². The van der Waals surface area contributed by atoms with Crippen LogP contribution in [0.25, 0.3) is 0 Å². The predicted molar refractivity (Wildman–Crippen MR) is 60.9 cm³/mol. The minimum Gasteiger partial charge on any atom is -0.374 e. The summed E-state index contributed by atoms with van der Waals surface area (Å²) >= 11 is 0. The number of carbonyl (C=O) groups excluding carboxylic acids is 1. The average molecular weight is 204 g/mol. The van der Waals surface area contributed by atoms with Gasteiger partial charge < -0.3 is 10.2 Å². The molecule has 0 bridgehead atoms. The summed E-state index contributed by atoms with van der Waals surface area (Å²) in [5.74, 6) is 0. The average Bonchev–Trinajstić information content (AvgIpc) is 2.41. The molecule has 0 aromatic heterocycles. The molecular formula is C12H16N2O. The quantitative estimate of drug-likeness (QED) is 0.744. The summed E-state index contributed by atoms with van der Waals surface area (Å²) in [7, 11) is 2.10. The molecule has 0 saturated heterocycles. The van der Waals surface area contributed by atoms with Gasteiger partial charge in [-0.05, 0) is 24.5 Å². The number of hydrogen-bond donors (Lipinski definition) is 1. The van der Waals surface area contributed by atoms with Gasteiger partial charge >= 0.3 is 0 Å². The standard InChI is InChI=1S/C12H16N2O/c1-14-8-4-6-11(13-9-15)10-5-2-3-7-12(10)14/h2-3,5,7,9,11H,4,6,8H2,1H3,(H,13,15). The molecule has 2 rings (SSSR count). The lowest BCUT2D eigenvalue weighted by atomic mass is 10.0. The number of benzene rings is 1. The summed E-state index contributed by atoms with van der Waals surface area (Å²) in [6.45, 7) is 1.05. The van der Waals surface area contributed by atoms with Gasteiger partial charge in [0.1, 0.15) is 0 Å². The van der Waals surface area contributed by atoms with E-state index in [1.165, 1.54) is 11.3 Å². The number of carbonyl (C=O) groups is 1. The van der Waals surface area contributed by atoms with Crippen molar-refractivity contribution in [3.05, 3.63) is 29.8 Å². The van der Waals surface area contributed by atoms with E-state index >= 15 is 0 Å². The predicted octanol–water partition coefficient (Wildman–Crippen LogP) is 1.70. The van der Waals surface area contributed by atoms with Crippen LogP contribution in [0.3, 0.4) is 0 Å². The lowest BCUT2D eigenvalue weighted by Gasteiger charge is -2.20. The summed E-state index contributed by atoms with van der Waals surface area (Å²) in [5.41, 5.74) is 2.46. The lowest BCUT2D eigenvalue weighted by molar-refractivity contribution is -0.110. The Morgan fingerprint density at radius 3 is 3.07 bits per heavy atom. The van der Waals surface area contributed by atoms with Crippen LogP contribution in [-0.2, 0) is 4.79 Å². The van der Waals surface area contributed by atoms with Crippen molar-refractivity contribution in [2.45, 2.75) is 18.9 Å². The van der Waals surface area contributed by atoms with Crippen LogP contribution in [0.1, 0.15) is 24.4 Å². The molecule has 1 aromatic carbocycles. The number of hydrogen-bond acceptors (Lipinski definition) is 2. The first-order valence-electron chi connectivity index (χ1n) is 5.32. The van der Waals surface area contributed by atoms with Gasteiger partial charge in [-0.15, -0.1) is 0 Å². The van der Waals surface area contributed by atoms with E-state index in [-0.39, 0.29) is 6.04 Å². The number of nitrogens with zero attached hydrogens (tertiary/aromatic N) is 1. The summed E-state index contributed by atoms with van der Waals surface area (Å²) in [4.78, 5) is 12.8. The van der Waals surface area contributed by atoms with Crippen molar-refractivity contribution >= 4 is 12.1 Å². The third-order valence-corrected chi connectivity index (χ3v) is 2.98. The number of nitrogens with one attached hydrogen (secondary N) is 1. The van der Waals surface area contributed by atoms with Gasteiger partial charge in [-0.2, -0.15) is 0 Å². The number of amides is 1. The van der Waals surface area contributed by atoms with E-state index in [9.17, 15) is 4.79 Å². The molecule has 1 aliphatic heterocycles. The highest BCUT2D eigenvalue weighted by molar-refractivity contribution is 5.57. The molecule has 1 N–H and O–H groups in total. The molecule has 15 heavy (non-hydrogen) atoms. The molecule has 0 radical (unpaired) electrons. The van der Waals surface area contributed by atoms with E-state index < -0.39 is 0 Å². The van der Waals surface area contributed by atoms with E-state index in [1.54, 1.807) is 0 Å². The second kappa shape index (κ2) is 4.34. The van der Waals surface area contributed by atoms with Crippen LogP contribution in [0.5, 0.6) is 0 Å². The summed E-state index contributed by atoms with van der Waals surface area (Å²) in [5, 5.41) is 2.89. The highest BCUT2D eigenvalue weighted by Gasteiger charge is 2.19. The normalized spacial score (nSPS) is 20.3. The van der Waals surface area contributed by atoms with Gasteiger partial charge in [-0.1, -0.05) is 18.2 Å². The fourth-order valence-electron chi connectivity index (χ4n) is 2.19. The fraction of sp³-hybridized carbons (Fsp3) is 0.417. The maximum absolute atomic E-state index is 10.6. The van der Waals surface area contributed by atoms with Crippen LogP contribution in [0, 0.1) is 0 Å². The molecule has 0 saturated carbocycles. The van der Waals surface area contributed by atoms with Crippen molar-refractivity contribution in [3.8, 4) is 0 Å². The van der Waals surface area contributed by atoms with Crippen molar-refractivity contribution in [2.75, 3.05) is 18.5 Å². The van der Waals surface area contributed by atoms with Gasteiger partial charge in [-0.25, -0.2) is 0 Å². The third kappa shape index (κ3) is 1.96. The maximum Gasteiger partial charge on any atom is 0.207 e. The fourth-order valence-corrected chi connectivity index (χ4v) is 2.19. The minimum atomic E-state index is 0.170. The van der Waals surface area contributed by atoms with Crippen LogP contribution in [0.4, 0.5) is 5.69 Å². The molecule has 80 valence electrons. The van der Waals surface area contributed by atoms with Crippen molar-refractivity contribution < 1.29 is 4.79 Å². The first kappa shape index (κ1) is 10.0. The van der Waals surface area contributed by atoms with Crippen LogP contribution in [0.2, 0.25) is 0 Å². The van der Waals surface area contributed by atoms with Crippen LogP contribution < -0.4 is 10.2 Å². The first-order chi connectivity index (χ1) is 7.33. The number of para-hydroxylation sites is 1. The third-order valence-electron chi connectivity index (χ3n) is 2.98. The SMILES string of the molecule is CN1CCCC(NC=O)c2ccccc21. The Hall–Kier alpha value is -1.51. The number of anilines is 1. The molecule has 1 atom stereocenters. The summed E-state index contributed by atoms with van der Waals surface area (Å²) in [6.07, 6.45) is 2.92. The number of fused-ring (bicyclic) bond motifs is 1. The largest absolute Gasteiger partial charge is 0.374 e. The van der Waals surface area contributed by atoms with Gasteiger partial charge in [0.2, 0.25) is 6.41 Å². The lowest BCUT2D eigenvalue weighted by Crippen LogP contribution is -2.20. The molecule has 1 aromatic rings. The Labute approximate surface area is 90.1 Å². The Kier molecular flexibility index (Phi) is 2.90. The van der Waals surface area contributed by atoms with E-state index in [1.807, 2.05) is 12.1 Å². The van der Waals surface area contributed by atoms with Crippen LogP contribution in [0.15, 0.2) is 24.3 Å². The maximum atomic E-state index is 10.6. The Bertz CT molecular complexity index is 351. The molecule has 0 spiro atoms. The van der Waals surface area contributed by atoms with Crippen LogP contribution >= 0.6 is 0 Å². The zero-order chi connectivity index (χ0) is 10.7. The summed E-state index contributed by atoms with van der Waals surface area (Å²) in [6, 6.07) is 8.44. The van der Waals surface area contributed by atoms with E-state index in [4.69, 9.17) is 0 Å². The molecule has 0 fully saturated rings. The summed E-state index contributed by atoms with van der Waals surface area (Å²) < 4.78 is 0. The molecular weight excluding hydrogens is 188 g/mol. The molecule has 1 unspecified atom stereocenters. The zero-order valence-corrected chi connectivity index (χ0v) is 8.94. The highest BCUT2D eigenvalue weighted by atomic mass is 16.1. The second-order valence-electron chi connectivity index (χ2n) is 3.96. The van der Waals surface area contributed by atoms with Gasteiger partial charge in [0.05, 0.1) is 6.04 Å². The Morgan fingerprint density at radius 2 is 2.27 bits per heavy atom. The van der Waals surface area contributed by atoms with E-state index in [2.05, 4.69) is 29.4 Å². The van der Waals surface area contributed by atoms with Crippen molar-refractivity contribution in [3.63, 3.8) is 0 Å². The topological polar surface area (TPSA) is 32.3 Å². The Balaban J connectivity index is 2.38. The van der Waals surface area contributed by atoms with Gasteiger partial charge in [0, 0.05) is 19.3 Å². The molecule has 3 heteroatoms. The minimum absolute atomic E-state index is 0.170. The highest BCUT2D eigenvalue weighted by Crippen LogP contribution is 2.31. The molecule has 0 aliphatic carbocycles. The zero-order valence-electron chi connectivity index (χ0n) is 8.94.